The van der Waals surface area contributed by atoms with E-state index in [1.54, 1.807) is 0 Å². The lowest BCUT2D eigenvalue weighted by molar-refractivity contribution is -0.385. The lowest BCUT2D eigenvalue weighted by Gasteiger charge is -2.14. The summed E-state index contributed by atoms with van der Waals surface area (Å²) in [4.78, 5) is 22.1. The summed E-state index contributed by atoms with van der Waals surface area (Å²) in [6, 6.07) is 4.16. The molecule has 0 unspecified atom stereocenters. The van der Waals surface area contributed by atoms with Gasteiger partial charge in [-0.1, -0.05) is 23.3 Å². The molecule has 1 aliphatic rings. The minimum absolute atomic E-state index is 0. The van der Waals surface area contributed by atoms with Crippen molar-refractivity contribution in [2.75, 3.05) is 26.2 Å². The maximum atomic E-state index is 11.8. The number of ether oxygens (including phenoxy) is 1. The fourth-order valence-electron chi connectivity index (χ4n) is 2.14. The van der Waals surface area contributed by atoms with Crippen LogP contribution in [0, 0.1) is 10.1 Å². The third-order valence-electron chi connectivity index (χ3n) is 3.37. The van der Waals surface area contributed by atoms with Crippen molar-refractivity contribution < 1.29 is 14.5 Å². The largest absolute Gasteiger partial charge is 0.486 e. The molecule has 1 aromatic rings. The predicted octanol–water partition coefficient (Wildman–Crippen LogP) is 2.47. The minimum Gasteiger partial charge on any atom is -0.486 e. The number of amides is 1. The van der Waals surface area contributed by atoms with Crippen molar-refractivity contribution in [3.8, 4) is 5.75 Å². The molecular formula is C15H19Cl2N3O4. The van der Waals surface area contributed by atoms with Crippen molar-refractivity contribution in [2.24, 2.45) is 0 Å². The minimum atomic E-state index is -0.565. The van der Waals surface area contributed by atoms with E-state index < -0.39 is 4.92 Å². The third kappa shape index (κ3) is 6.35. The second kappa shape index (κ2) is 10.1. The molecule has 0 bridgehead atoms. The molecule has 7 nitrogen and oxygen atoms in total. The Labute approximate surface area is 151 Å². The highest BCUT2D eigenvalue weighted by Crippen LogP contribution is 2.29. The second-order valence-electron chi connectivity index (χ2n) is 5.06. The van der Waals surface area contributed by atoms with E-state index in [0.29, 0.717) is 6.54 Å². The van der Waals surface area contributed by atoms with Gasteiger partial charge in [0.1, 0.15) is 0 Å². The lowest BCUT2D eigenvalue weighted by atomic mass is 10.1. The van der Waals surface area contributed by atoms with Crippen LogP contribution in [0.3, 0.4) is 0 Å². The van der Waals surface area contributed by atoms with Gasteiger partial charge in [0.05, 0.1) is 18.0 Å². The number of nitrogens with one attached hydrogen (secondary N) is 2. The molecule has 132 valence electrons. The van der Waals surface area contributed by atoms with Gasteiger partial charge in [0.25, 0.3) is 0 Å². The first-order chi connectivity index (χ1) is 11.1. The number of rotatable bonds is 7. The monoisotopic (exact) mass is 375 g/mol. The Balaban J connectivity index is 0.00000288. The summed E-state index contributed by atoms with van der Waals surface area (Å²) in [5, 5.41) is 17.2. The zero-order valence-corrected chi connectivity index (χ0v) is 14.5. The molecule has 1 aromatic carbocycles. The zero-order chi connectivity index (χ0) is 16.7. The first kappa shape index (κ1) is 20.2. The molecule has 1 aliphatic heterocycles. The SMILES string of the molecule is Cl.O=C(CCOc1ccc(Cl)cc1[N+](=O)[O-])NCC1=CCNCC1. The highest BCUT2D eigenvalue weighted by atomic mass is 35.5. The number of hydrogen-bond donors (Lipinski definition) is 2. The smallest absolute Gasteiger partial charge is 0.312 e. The molecule has 0 fully saturated rings. The van der Waals surface area contributed by atoms with Gasteiger partial charge in [0, 0.05) is 24.2 Å². The molecule has 0 radical (unpaired) electrons. The topological polar surface area (TPSA) is 93.5 Å². The van der Waals surface area contributed by atoms with Gasteiger partial charge in [-0.2, -0.15) is 0 Å². The van der Waals surface area contributed by atoms with Crippen LogP contribution in [0.2, 0.25) is 5.02 Å². The van der Waals surface area contributed by atoms with Gasteiger partial charge in [-0.05, 0) is 25.1 Å². The van der Waals surface area contributed by atoms with E-state index in [1.807, 2.05) is 0 Å². The van der Waals surface area contributed by atoms with Crippen LogP contribution in [0.25, 0.3) is 0 Å². The summed E-state index contributed by atoms with van der Waals surface area (Å²) in [5.74, 6) is -0.0469. The van der Waals surface area contributed by atoms with Crippen LogP contribution in [-0.2, 0) is 4.79 Å². The Morgan fingerprint density at radius 3 is 2.92 bits per heavy atom. The second-order valence-corrected chi connectivity index (χ2v) is 5.50. The van der Waals surface area contributed by atoms with Crippen LogP contribution in [0.4, 0.5) is 5.69 Å². The molecule has 1 amide bonds. The normalized spacial score (nSPS) is 13.5. The van der Waals surface area contributed by atoms with Crippen LogP contribution >= 0.6 is 24.0 Å². The Morgan fingerprint density at radius 2 is 2.25 bits per heavy atom. The molecule has 2 rings (SSSR count). The van der Waals surface area contributed by atoms with Gasteiger partial charge in [-0.15, -0.1) is 12.4 Å². The van der Waals surface area contributed by atoms with Crippen molar-refractivity contribution in [2.45, 2.75) is 12.8 Å². The number of hydrogen-bond acceptors (Lipinski definition) is 5. The maximum absolute atomic E-state index is 11.8. The quantitative estimate of drug-likeness (QED) is 0.433. The maximum Gasteiger partial charge on any atom is 0.312 e. The van der Waals surface area contributed by atoms with Crippen LogP contribution in [0.1, 0.15) is 12.8 Å². The summed E-state index contributed by atoms with van der Waals surface area (Å²) in [6.45, 7) is 2.34. The number of nitro benzene ring substituents is 1. The van der Waals surface area contributed by atoms with Crippen LogP contribution < -0.4 is 15.4 Å². The molecule has 2 N–H and O–H groups in total. The molecule has 9 heteroatoms. The van der Waals surface area contributed by atoms with Crippen molar-refractivity contribution in [1.29, 1.82) is 0 Å². The third-order valence-corrected chi connectivity index (χ3v) is 3.61. The summed E-state index contributed by atoms with van der Waals surface area (Å²) in [6.07, 6.45) is 3.12. The fourth-order valence-corrected chi connectivity index (χ4v) is 2.31. The molecule has 0 spiro atoms. The average Bonchev–Trinajstić information content (AvgIpc) is 2.55. The Bertz CT molecular complexity index is 623. The number of halogens is 2. The van der Waals surface area contributed by atoms with Gasteiger partial charge in [-0.25, -0.2) is 0 Å². The number of carbonyl (C=O) groups is 1. The molecule has 0 aliphatic carbocycles. The van der Waals surface area contributed by atoms with E-state index in [4.69, 9.17) is 16.3 Å². The van der Waals surface area contributed by atoms with Crippen molar-refractivity contribution >= 4 is 35.6 Å². The Morgan fingerprint density at radius 1 is 1.46 bits per heavy atom. The van der Waals surface area contributed by atoms with E-state index in [1.165, 1.54) is 23.8 Å². The van der Waals surface area contributed by atoms with E-state index in [-0.39, 0.29) is 47.8 Å². The molecular weight excluding hydrogens is 357 g/mol. The Kier molecular flexibility index (Phi) is 8.53. The lowest BCUT2D eigenvalue weighted by Crippen LogP contribution is -2.30. The summed E-state index contributed by atoms with van der Waals surface area (Å²) >= 11 is 5.73. The highest BCUT2D eigenvalue weighted by molar-refractivity contribution is 6.30. The number of nitro groups is 1. The number of carbonyl (C=O) groups excluding carboxylic acids is 1. The fraction of sp³-hybridized carbons (Fsp3) is 0.400. The van der Waals surface area contributed by atoms with Crippen molar-refractivity contribution in [3.63, 3.8) is 0 Å². The van der Waals surface area contributed by atoms with E-state index in [2.05, 4.69) is 16.7 Å². The number of benzene rings is 1. The molecule has 0 atom stereocenters. The molecule has 0 saturated heterocycles. The first-order valence-corrected chi connectivity index (χ1v) is 7.66. The Hall–Kier alpha value is -1.83. The van der Waals surface area contributed by atoms with Gasteiger partial charge < -0.3 is 15.4 Å². The summed E-state index contributed by atoms with van der Waals surface area (Å²) in [5.41, 5.74) is 0.990. The molecule has 1 heterocycles. The van der Waals surface area contributed by atoms with Crippen molar-refractivity contribution in [1.82, 2.24) is 10.6 Å². The zero-order valence-electron chi connectivity index (χ0n) is 12.9. The molecule has 24 heavy (non-hydrogen) atoms. The first-order valence-electron chi connectivity index (χ1n) is 7.28. The van der Waals surface area contributed by atoms with Crippen LogP contribution in [0.5, 0.6) is 5.75 Å². The van der Waals surface area contributed by atoms with Crippen LogP contribution in [-0.4, -0.2) is 37.1 Å². The van der Waals surface area contributed by atoms with E-state index in [0.717, 1.165) is 19.5 Å². The van der Waals surface area contributed by atoms with Gasteiger partial charge >= 0.3 is 5.69 Å². The van der Waals surface area contributed by atoms with Gasteiger partial charge in [0.15, 0.2) is 5.75 Å². The summed E-state index contributed by atoms with van der Waals surface area (Å²) < 4.78 is 5.33. The molecule has 0 saturated carbocycles. The van der Waals surface area contributed by atoms with E-state index >= 15 is 0 Å². The van der Waals surface area contributed by atoms with Gasteiger partial charge in [-0.3, -0.25) is 14.9 Å². The molecule has 0 aromatic heterocycles. The van der Waals surface area contributed by atoms with E-state index in [9.17, 15) is 14.9 Å². The standard InChI is InChI=1S/C15H18ClN3O4.ClH/c16-12-1-2-14(13(9-12)19(21)22)23-8-5-15(20)18-10-11-3-6-17-7-4-11;/h1-3,9,17H,4-8,10H2,(H,18,20);1H. The highest BCUT2D eigenvalue weighted by Gasteiger charge is 2.16. The van der Waals surface area contributed by atoms with Crippen LogP contribution in [0.15, 0.2) is 29.8 Å². The predicted molar refractivity (Wildman–Crippen MR) is 94.0 cm³/mol. The van der Waals surface area contributed by atoms with Gasteiger partial charge in [0.2, 0.25) is 5.91 Å². The summed E-state index contributed by atoms with van der Waals surface area (Å²) in [7, 11) is 0. The average molecular weight is 376 g/mol. The number of nitrogens with zero attached hydrogens (tertiary/aromatic N) is 1. The van der Waals surface area contributed by atoms with Crippen molar-refractivity contribution in [3.05, 3.63) is 45.0 Å².